The minimum atomic E-state index is -0.435. The van der Waals surface area contributed by atoms with Gasteiger partial charge in [-0.1, -0.05) is 29.8 Å². The third kappa shape index (κ3) is 3.74. The molecule has 1 heterocycles. The van der Waals surface area contributed by atoms with Gasteiger partial charge in [-0.3, -0.25) is 4.79 Å². The molecule has 2 aromatic carbocycles. The number of hydrogen-bond donors (Lipinski definition) is 1. The van der Waals surface area contributed by atoms with Gasteiger partial charge in [-0.15, -0.1) is 0 Å². The summed E-state index contributed by atoms with van der Waals surface area (Å²) in [5, 5.41) is 3.41. The summed E-state index contributed by atoms with van der Waals surface area (Å²) in [4.78, 5) is 12.3. The second kappa shape index (κ2) is 6.48. The molecular weight excluding hydrogens is 336 g/mol. The quantitative estimate of drug-likeness (QED) is 0.848. The van der Waals surface area contributed by atoms with E-state index < -0.39 is 7.12 Å². The molecule has 1 aliphatic heterocycles. The average molecular weight is 358 g/mol. The van der Waals surface area contributed by atoms with Gasteiger partial charge in [0, 0.05) is 16.3 Å². The molecule has 0 aromatic heterocycles. The van der Waals surface area contributed by atoms with E-state index in [-0.39, 0.29) is 17.1 Å². The van der Waals surface area contributed by atoms with Crippen LogP contribution in [0.4, 0.5) is 5.69 Å². The summed E-state index contributed by atoms with van der Waals surface area (Å²) in [5.74, 6) is -0.192. The number of nitrogens with one attached hydrogen (secondary N) is 1. The first-order chi connectivity index (χ1) is 11.7. The van der Waals surface area contributed by atoms with E-state index in [1.165, 1.54) is 0 Å². The summed E-state index contributed by atoms with van der Waals surface area (Å²) in [7, 11) is -0.435. The lowest BCUT2D eigenvalue weighted by atomic mass is 9.79. The molecule has 0 atom stereocenters. The predicted molar refractivity (Wildman–Crippen MR) is 102 cm³/mol. The monoisotopic (exact) mass is 357 g/mol. The molecule has 0 radical (unpaired) electrons. The Bertz CT molecular complexity index is 774. The molecule has 1 aliphatic rings. The lowest BCUT2D eigenvalue weighted by Crippen LogP contribution is -2.41. The Morgan fingerprint density at radius 1 is 1.00 bits per heavy atom. The van der Waals surface area contributed by atoms with E-state index in [9.17, 15) is 4.79 Å². The lowest BCUT2D eigenvalue weighted by Gasteiger charge is -2.32. The van der Waals surface area contributed by atoms with Crippen LogP contribution in [0.2, 0.25) is 5.02 Å². The first-order valence-electron chi connectivity index (χ1n) is 8.20. The van der Waals surface area contributed by atoms with Crippen LogP contribution in [0, 0.1) is 0 Å². The second-order valence-electron chi connectivity index (χ2n) is 7.17. The lowest BCUT2D eigenvalue weighted by molar-refractivity contribution is 0.00578. The highest BCUT2D eigenvalue weighted by Gasteiger charge is 2.51. The Morgan fingerprint density at radius 2 is 1.60 bits per heavy atom. The van der Waals surface area contributed by atoms with Gasteiger partial charge in [0.2, 0.25) is 0 Å². The van der Waals surface area contributed by atoms with Crippen molar-refractivity contribution in [1.82, 2.24) is 0 Å². The Balaban J connectivity index is 1.71. The maximum absolute atomic E-state index is 12.3. The fourth-order valence-corrected chi connectivity index (χ4v) is 2.73. The van der Waals surface area contributed by atoms with Gasteiger partial charge in [0.15, 0.2) is 0 Å². The highest BCUT2D eigenvalue weighted by atomic mass is 35.5. The van der Waals surface area contributed by atoms with Crippen LogP contribution in [0.5, 0.6) is 0 Å². The third-order valence-electron chi connectivity index (χ3n) is 4.78. The Morgan fingerprint density at radius 3 is 2.16 bits per heavy atom. The van der Waals surface area contributed by atoms with Crippen molar-refractivity contribution in [2.75, 3.05) is 5.32 Å². The smallest absolute Gasteiger partial charge is 0.399 e. The van der Waals surface area contributed by atoms with Crippen LogP contribution in [-0.2, 0) is 9.31 Å². The normalized spacial score (nSPS) is 18.2. The molecule has 6 heteroatoms. The largest absolute Gasteiger partial charge is 0.494 e. The van der Waals surface area contributed by atoms with E-state index in [2.05, 4.69) is 5.32 Å². The van der Waals surface area contributed by atoms with Crippen LogP contribution >= 0.6 is 11.6 Å². The Hall–Kier alpha value is -1.82. The van der Waals surface area contributed by atoms with Gasteiger partial charge in [-0.2, -0.15) is 0 Å². The summed E-state index contributed by atoms with van der Waals surface area (Å²) < 4.78 is 12.0. The van der Waals surface area contributed by atoms with Crippen molar-refractivity contribution in [1.29, 1.82) is 0 Å². The molecular formula is C19H21BClNO3. The summed E-state index contributed by atoms with van der Waals surface area (Å²) in [5.41, 5.74) is 1.33. The van der Waals surface area contributed by atoms with Crippen LogP contribution in [0.15, 0.2) is 48.5 Å². The van der Waals surface area contributed by atoms with Crippen molar-refractivity contribution in [3.05, 3.63) is 59.1 Å². The maximum Gasteiger partial charge on any atom is 0.494 e. The van der Waals surface area contributed by atoms with Gasteiger partial charge in [0.25, 0.3) is 5.91 Å². The van der Waals surface area contributed by atoms with E-state index in [0.29, 0.717) is 16.3 Å². The van der Waals surface area contributed by atoms with Gasteiger partial charge in [-0.25, -0.2) is 0 Å². The number of carbonyl (C=O) groups excluding carboxylic acids is 1. The number of benzene rings is 2. The van der Waals surface area contributed by atoms with E-state index in [0.717, 1.165) is 5.46 Å². The van der Waals surface area contributed by atoms with Gasteiger partial charge < -0.3 is 14.6 Å². The summed E-state index contributed by atoms with van der Waals surface area (Å²) >= 11 is 5.93. The summed E-state index contributed by atoms with van der Waals surface area (Å²) in [6.45, 7) is 8.05. The average Bonchev–Trinajstić information content (AvgIpc) is 2.75. The van der Waals surface area contributed by atoms with E-state index in [1.807, 2.05) is 39.8 Å². The highest BCUT2D eigenvalue weighted by molar-refractivity contribution is 6.62. The van der Waals surface area contributed by atoms with Crippen molar-refractivity contribution >= 4 is 35.8 Å². The van der Waals surface area contributed by atoms with Crippen molar-refractivity contribution < 1.29 is 14.1 Å². The third-order valence-corrected chi connectivity index (χ3v) is 5.02. The highest BCUT2D eigenvalue weighted by Crippen LogP contribution is 2.36. The second-order valence-corrected chi connectivity index (χ2v) is 7.61. The molecule has 4 nitrogen and oxygen atoms in total. The van der Waals surface area contributed by atoms with E-state index in [1.54, 1.807) is 36.4 Å². The van der Waals surface area contributed by atoms with Gasteiger partial charge in [-0.05, 0) is 63.5 Å². The fraction of sp³-hybridized carbons (Fsp3) is 0.316. The van der Waals surface area contributed by atoms with Crippen molar-refractivity contribution in [2.24, 2.45) is 0 Å². The minimum absolute atomic E-state index is 0.192. The number of anilines is 1. The zero-order valence-corrected chi connectivity index (χ0v) is 15.6. The molecule has 0 aliphatic carbocycles. The molecule has 1 saturated heterocycles. The van der Waals surface area contributed by atoms with Crippen molar-refractivity contribution in [3.63, 3.8) is 0 Å². The van der Waals surface area contributed by atoms with E-state index in [4.69, 9.17) is 20.9 Å². The molecule has 0 bridgehead atoms. The molecule has 0 saturated carbocycles. The SMILES string of the molecule is CC1(C)OB(c2ccc(C(=O)Nc3cccc(Cl)c3)cc2)OC1(C)C. The molecule has 2 aromatic rings. The van der Waals surface area contributed by atoms with Gasteiger partial charge in [0.1, 0.15) is 0 Å². The Labute approximate surface area is 153 Å². The topological polar surface area (TPSA) is 47.6 Å². The number of halogens is 1. The number of amides is 1. The molecule has 25 heavy (non-hydrogen) atoms. The molecule has 130 valence electrons. The summed E-state index contributed by atoms with van der Waals surface area (Å²) in [6.07, 6.45) is 0. The van der Waals surface area contributed by atoms with Crippen LogP contribution in [-0.4, -0.2) is 24.2 Å². The standard InChI is InChI=1S/C19H21BClNO3/c1-18(2)19(3,4)25-20(24-18)14-10-8-13(9-11-14)17(23)22-16-7-5-6-15(21)12-16/h5-12H,1-4H3,(H,22,23). The minimum Gasteiger partial charge on any atom is -0.399 e. The molecule has 0 unspecified atom stereocenters. The Kier molecular flexibility index (Phi) is 4.67. The number of hydrogen-bond acceptors (Lipinski definition) is 3. The fourth-order valence-electron chi connectivity index (χ4n) is 2.54. The first kappa shape index (κ1) is 18.0. The molecule has 0 spiro atoms. The molecule has 1 fully saturated rings. The maximum atomic E-state index is 12.3. The van der Waals surface area contributed by atoms with E-state index >= 15 is 0 Å². The zero-order valence-electron chi connectivity index (χ0n) is 14.8. The molecule has 1 N–H and O–H groups in total. The van der Waals surface area contributed by atoms with Gasteiger partial charge in [0.05, 0.1) is 11.2 Å². The summed E-state index contributed by atoms with van der Waals surface area (Å²) in [6, 6.07) is 14.3. The molecule has 1 amide bonds. The predicted octanol–water partition coefficient (Wildman–Crippen LogP) is 3.89. The zero-order chi connectivity index (χ0) is 18.2. The first-order valence-corrected chi connectivity index (χ1v) is 8.58. The van der Waals surface area contributed by atoms with Crippen molar-refractivity contribution in [3.8, 4) is 0 Å². The number of carbonyl (C=O) groups is 1. The van der Waals surface area contributed by atoms with Crippen molar-refractivity contribution in [2.45, 2.75) is 38.9 Å². The number of rotatable bonds is 3. The van der Waals surface area contributed by atoms with Crippen LogP contribution in [0.3, 0.4) is 0 Å². The van der Waals surface area contributed by atoms with Gasteiger partial charge >= 0.3 is 7.12 Å². The van der Waals surface area contributed by atoms with Crippen LogP contribution in [0.1, 0.15) is 38.1 Å². The van der Waals surface area contributed by atoms with Crippen LogP contribution in [0.25, 0.3) is 0 Å². The molecule has 3 rings (SSSR count). The van der Waals surface area contributed by atoms with Crippen LogP contribution < -0.4 is 10.8 Å².